The molecule has 2 heterocycles. The second-order valence-corrected chi connectivity index (χ2v) is 6.76. The van der Waals surface area contributed by atoms with Crippen molar-refractivity contribution >= 4 is 44.2 Å². The second kappa shape index (κ2) is 7.00. The summed E-state index contributed by atoms with van der Waals surface area (Å²) < 4.78 is 6.25. The highest BCUT2D eigenvalue weighted by Crippen LogP contribution is 2.29. The molecule has 0 aliphatic rings. The number of fused-ring (bicyclic) bond motifs is 1. The molecule has 0 aliphatic carbocycles. The molecule has 4 rings (SSSR count). The summed E-state index contributed by atoms with van der Waals surface area (Å²) in [6.45, 7) is 1.43. The third kappa shape index (κ3) is 3.56. The molecule has 0 atom stereocenters. The molecule has 0 unspecified atom stereocenters. The standard InChI is InChI=1S/C19H14N4O3S/c1-11(24)21-19-23-14-8-7-13(9-15(14)27-19)22-18(25)16-17(26-10-20-16)12-5-3-2-4-6-12/h2-10H,1H3,(H,22,25)(H,21,23,24). The van der Waals surface area contributed by atoms with E-state index in [1.165, 1.54) is 24.7 Å². The van der Waals surface area contributed by atoms with Crippen LogP contribution >= 0.6 is 11.3 Å². The molecule has 0 radical (unpaired) electrons. The molecule has 2 amide bonds. The van der Waals surface area contributed by atoms with Crippen LogP contribution in [0.25, 0.3) is 21.5 Å². The summed E-state index contributed by atoms with van der Waals surface area (Å²) in [4.78, 5) is 32.2. The number of carbonyl (C=O) groups is 2. The van der Waals surface area contributed by atoms with Gasteiger partial charge >= 0.3 is 0 Å². The van der Waals surface area contributed by atoms with Crippen molar-refractivity contribution in [2.24, 2.45) is 0 Å². The molecule has 27 heavy (non-hydrogen) atoms. The fraction of sp³-hybridized carbons (Fsp3) is 0.0526. The maximum absolute atomic E-state index is 12.7. The number of hydrogen-bond donors (Lipinski definition) is 2. The van der Waals surface area contributed by atoms with Gasteiger partial charge in [0.25, 0.3) is 5.91 Å². The quantitative estimate of drug-likeness (QED) is 0.556. The van der Waals surface area contributed by atoms with Gasteiger partial charge in [0.2, 0.25) is 5.91 Å². The highest BCUT2D eigenvalue weighted by atomic mass is 32.1. The number of nitrogens with zero attached hydrogens (tertiary/aromatic N) is 2. The van der Waals surface area contributed by atoms with Crippen LogP contribution in [0.5, 0.6) is 0 Å². The molecule has 0 saturated heterocycles. The van der Waals surface area contributed by atoms with Gasteiger partial charge in [0.1, 0.15) is 0 Å². The lowest BCUT2D eigenvalue weighted by molar-refractivity contribution is -0.114. The molecule has 0 fully saturated rings. The van der Waals surface area contributed by atoms with Crippen molar-refractivity contribution in [2.45, 2.75) is 6.92 Å². The van der Waals surface area contributed by atoms with Gasteiger partial charge in [0.05, 0.1) is 10.2 Å². The third-order valence-electron chi connectivity index (χ3n) is 3.75. The van der Waals surface area contributed by atoms with E-state index in [2.05, 4.69) is 20.6 Å². The first-order chi connectivity index (χ1) is 13.1. The lowest BCUT2D eigenvalue weighted by atomic mass is 10.1. The van der Waals surface area contributed by atoms with E-state index in [-0.39, 0.29) is 17.5 Å². The van der Waals surface area contributed by atoms with Gasteiger partial charge in [0, 0.05) is 18.2 Å². The summed E-state index contributed by atoms with van der Waals surface area (Å²) in [6, 6.07) is 14.7. The van der Waals surface area contributed by atoms with Crippen LogP contribution in [0, 0.1) is 0 Å². The number of amides is 2. The second-order valence-electron chi connectivity index (χ2n) is 5.73. The Morgan fingerprint density at radius 1 is 1.07 bits per heavy atom. The van der Waals surface area contributed by atoms with Gasteiger partial charge in [-0.25, -0.2) is 9.97 Å². The molecule has 4 aromatic rings. The summed E-state index contributed by atoms with van der Waals surface area (Å²) >= 11 is 1.34. The van der Waals surface area contributed by atoms with Crippen LogP contribution in [0.2, 0.25) is 0 Å². The van der Waals surface area contributed by atoms with Crippen molar-refractivity contribution in [3.05, 3.63) is 60.6 Å². The van der Waals surface area contributed by atoms with Gasteiger partial charge in [-0.1, -0.05) is 41.7 Å². The maximum atomic E-state index is 12.7. The summed E-state index contributed by atoms with van der Waals surface area (Å²) in [7, 11) is 0. The van der Waals surface area contributed by atoms with Gasteiger partial charge in [0.15, 0.2) is 23.0 Å². The number of thiazole rings is 1. The molecule has 0 saturated carbocycles. The van der Waals surface area contributed by atoms with E-state index in [1.54, 1.807) is 18.2 Å². The predicted octanol–water partition coefficient (Wildman–Crippen LogP) is 4.16. The van der Waals surface area contributed by atoms with Crippen LogP contribution in [0.4, 0.5) is 10.8 Å². The molecule has 134 valence electrons. The normalized spacial score (nSPS) is 10.7. The summed E-state index contributed by atoms with van der Waals surface area (Å²) in [6.07, 6.45) is 1.25. The first-order valence-corrected chi connectivity index (χ1v) is 8.90. The molecule has 2 aromatic heterocycles. The smallest absolute Gasteiger partial charge is 0.278 e. The molecule has 2 aromatic carbocycles. The Bertz CT molecular complexity index is 1130. The molecular formula is C19H14N4O3S. The number of oxazole rings is 1. The molecule has 0 bridgehead atoms. The molecule has 0 spiro atoms. The average molecular weight is 378 g/mol. The Morgan fingerprint density at radius 3 is 2.67 bits per heavy atom. The monoisotopic (exact) mass is 378 g/mol. The molecule has 2 N–H and O–H groups in total. The molecular weight excluding hydrogens is 364 g/mol. The third-order valence-corrected chi connectivity index (χ3v) is 4.68. The van der Waals surface area contributed by atoms with Gasteiger partial charge in [-0.3, -0.25) is 9.59 Å². The Morgan fingerprint density at radius 2 is 1.89 bits per heavy atom. The van der Waals surface area contributed by atoms with Crippen LogP contribution in [0.15, 0.2) is 59.3 Å². The van der Waals surface area contributed by atoms with E-state index in [4.69, 9.17) is 4.42 Å². The largest absolute Gasteiger partial charge is 0.443 e. The fourth-order valence-electron chi connectivity index (χ4n) is 2.60. The minimum absolute atomic E-state index is 0.179. The Labute approximate surface area is 158 Å². The van der Waals surface area contributed by atoms with Crippen LogP contribution < -0.4 is 10.6 Å². The Hall–Kier alpha value is -3.52. The first-order valence-electron chi connectivity index (χ1n) is 8.08. The lowest BCUT2D eigenvalue weighted by Crippen LogP contribution is -2.13. The van der Waals surface area contributed by atoms with Crippen molar-refractivity contribution in [1.29, 1.82) is 0 Å². The summed E-state index contributed by atoms with van der Waals surface area (Å²) in [5.41, 5.74) is 2.34. The first kappa shape index (κ1) is 16.9. The maximum Gasteiger partial charge on any atom is 0.278 e. The number of benzene rings is 2. The zero-order chi connectivity index (χ0) is 18.8. The summed E-state index contributed by atoms with van der Waals surface area (Å²) in [5.74, 6) is -0.129. The van der Waals surface area contributed by atoms with E-state index >= 15 is 0 Å². The number of carbonyl (C=O) groups excluding carboxylic acids is 2. The molecule has 8 heteroatoms. The Balaban J connectivity index is 1.58. The Kier molecular flexibility index (Phi) is 4.39. The fourth-order valence-corrected chi connectivity index (χ4v) is 3.55. The van der Waals surface area contributed by atoms with Gasteiger partial charge in [-0.15, -0.1) is 0 Å². The van der Waals surface area contributed by atoms with Crippen LogP contribution in [-0.2, 0) is 4.79 Å². The van der Waals surface area contributed by atoms with Gasteiger partial charge < -0.3 is 15.1 Å². The van der Waals surface area contributed by atoms with Crippen molar-refractivity contribution in [2.75, 3.05) is 10.6 Å². The number of hydrogen-bond acceptors (Lipinski definition) is 6. The van der Waals surface area contributed by atoms with E-state index in [1.807, 2.05) is 30.3 Å². The van der Waals surface area contributed by atoms with E-state index < -0.39 is 0 Å². The number of rotatable bonds is 4. The number of anilines is 2. The zero-order valence-electron chi connectivity index (χ0n) is 14.2. The predicted molar refractivity (Wildman–Crippen MR) is 104 cm³/mol. The van der Waals surface area contributed by atoms with Crippen LogP contribution in [0.3, 0.4) is 0 Å². The van der Waals surface area contributed by atoms with Crippen molar-refractivity contribution in [1.82, 2.24) is 9.97 Å². The number of aromatic nitrogens is 2. The van der Waals surface area contributed by atoms with Crippen LogP contribution in [0.1, 0.15) is 17.4 Å². The van der Waals surface area contributed by atoms with Crippen molar-refractivity contribution in [3.8, 4) is 11.3 Å². The summed E-state index contributed by atoms with van der Waals surface area (Å²) in [5, 5.41) is 6.01. The highest BCUT2D eigenvalue weighted by molar-refractivity contribution is 7.22. The lowest BCUT2D eigenvalue weighted by Gasteiger charge is -2.04. The van der Waals surface area contributed by atoms with Gasteiger partial charge in [-0.2, -0.15) is 0 Å². The van der Waals surface area contributed by atoms with Gasteiger partial charge in [-0.05, 0) is 18.2 Å². The van der Waals surface area contributed by atoms with Crippen LogP contribution in [-0.4, -0.2) is 21.8 Å². The van der Waals surface area contributed by atoms with E-state index in [0.29, 0.717) is 16.6 Å². The molecule has 0 aliphatic heterocycles. The highest BCUT2D eigenvalue weighted by Gasteiger charge is 2.18. The SMILES string of the molecule is CC(=O)Nc1nc2ccc(NC(=O)c3ncoc3-c3ccccc3)cc2s1. The van der Waals surface area contributed by atoms with Crippen molar-refractivity contribution < 1.29 is 14.0 Å². The van der Waals surface area contributed by atoms with E-state index in [0.717, 1.165) is 15.8 Å². The van der Waals surface area contributed by atoms with E-state index in [9.17, 15) is 9.59 Å². The minimum Gasteiger partial charge on any atom is -0.443 e. The zero-order valence-corrected chi connectivity index (χ0v) is 15.0. The average Bonchev–Trinajstić information content (AvgIpc) is 3.28. The topological polar surface area (TPSA) is 97.1 Å². The minimum atomic E-state index is -0.367. The number of nitrogens with one attached hydrogen (secondary N) is 2. The molecule has 7 nitrogen and oxygen atoms in total. The van der Waals surface area contributed by atoms with Crippen molar-refractivity contribution in [3.63, 3.8) is 0 Å².